The average molecular weight is 382 g/mol. The number of aryl methyl sites for hydroxylation is 2. The van der Waals surface area contributed by atoms with Crippen molar-refractivity contribution in [2.75, 3.05) is 13.7 Å². The van der Waals surface area contributed by atoms with Gasteiger partial charge in [0.25, 0.3) is 0 Å². The fraction of sp³-hybridized carbons (Fsp3) is 0.263. The number of nitrogens with one attached hydrogen (secondary N) is 1. The van der Waals surface area contributed by atoms with Gasteiger partial charge in [0.05, 0.1) is 30.4 Å². The number of hydrogen-bond acceptors (Lipinski definition) is 8. The summed E-state index contributed by atoms with van der Waals surface area (Å²) in [6, 6.07) is 3.65. The van der Waals surface area contributed by atoms with Crippen molar-refractivity contribution >= 4 is 27.9 Å². The molecule has 0 bridgehead atoms. The first-order valence-corrected chi connectivity index (χ1v) is 8.65. The number of H-pyrrole nitrogens is 1. The number of aromatic hydroxyl groups is 1. The number of aromatic nitrogens is 4. The molecule has 4 aromatic rings. The lowest BCUT2D eigenvalue weighted by Crippen LogP contribution is -2.09. The fourth-order valence-corrected chi connectivity index (χ4v) is 3.32. The van der Waals surface area contributed by atoms with E-state index in [4.69, 9.17) is 14.0 Å². The molecule has 0 amide bonds. The van der Waals surface area contributed by atoms with Gasteiger partial charge >= 0.3 is 5.97 Å². The molecule has 0 spiro atoms. The molecule has 28 heavy (non-hydrogen) atoms. The second-order valence-corrected chi connectivity index (χ2v) is 6.24. The zero-order valence-corrected chi connectivity index (χ0v) is 15.8. The highest BCUT2D eigenvalue weighted by Gasteiger charge is 2.22. The Kier molecular flexibility index (Phi) is 4.14. The molecule has 9 nitrogen and oxygen atoms in total. The van der Waals surface area contributed by atoms with Crippen molar-refractivity contribution in [1.82, 2.24) is 20.1 Å². The minimum absolute atomic E-state index is 0.186. The maximum absolute atomic E-state index is 11.9. The molecule has 0 fully saturated rings. The number of methoxy groups -OCH3 is 1. The van der Waals surface area contributed by atoms with Crippen molar-refractivity contribution in [2.24, 2.45) is 0 Å². The van der Waals surface area contributed by atoms with E-state index in [1.165, 1.54) is 0 Å². The van der Waals surface area contributed by atoms with Crippen LogP contribution in [0.2, 0.25) is 0 Å². The number of rotatable bonds is 4. The molecule has 0 saturated carbocycles. The molecule has 3 aromatic heterocycles. The number of ether oxygens (including phenoxy) is 2. The summed E-state index contributed by atoms with van der Waals surface area (Å²) >= 11 is 0. The lowest BCUT2D eigenvalue weighted by atomic mass is 10.0. The lowest BCUT2D eigenvalue weighted by Gasteiger charge is -2.09. The predicted octanol–water partition coefficient (Wildman–Crippen LogP) is 3.27. The molecule has 0 unspecified atom stereocenters. The van der Waals surface area contributed by atoms with E-state index in [1.807, 2.05) is 19.9 Å². The first-order chi connectivity index (χ1) is 13.4. The highest BCUT2D eigenvalue weighted by atomic mass is 16.5. The number of carbonyl (C=O) groups is 1. The number of fused-ring (bicyclic) bond motifs is 3. The summed E-state index contributed by atoms with van der Waals surface area (Å²) in [5, 5.41) is 15.5. The van der Waals surface area contributed by atoms with Gasteiger partial charge in [0.2, 0.25) is 11.7 Å². The summed E-state index contributed by atoms with van der Waals surface area (Å²) in [6.07, 6.45) is 0. The third kappa shape index (κ3) is 2.63. The zero-order chi connectivity index (χ0) is 20.0. The number of aromatic amines is 1. The van der Waals surface area contributed by atoms with Crippen LogP contribution in [-0.4, -0.2) is 44.9 Å². The molecule has 2 N–H and O–H groups in total. The number of carbonyl (C=O) groups excluding carboxylic acids is 1. The summed E-state index contributed by atoms with van der Waals surface area (Å²) in [4.78, 5) is 23.1. The van der Waals surface area contributed by atoms with Gasteiger partial charge in [0, 0.05) is 16.5 Å². The first kappa shape index (κ1) is 17.8. The molecule has 0 atom stereocenters. The van der Waals surface area contributed by atoms with Crippen LogP contribution in [0.15, 0.2) is 16.7 Å². The molecule has 0 aliphatic heterocycles. The predicted molar refractivity (Wildman–Crippen MR) is 101 cm³/mol. The van der Waals surface area contributed by atoms with E-state index in [9.17, 15) is 9.90 Å². The molecule has 0 radical (unpaired) electrons. The Morgan fingerprint density at radius 3 is 2.71 bits per heavy atom. The van der Waals surface area contributed by atoms with Crippen LogP contribution in [0.1, 0.15) is 29.0 Å². The van der Waals surface area contributed by atoms with Gasteiger partial charge in [-0.25, -0.2) is 9.78 Å². The van der Waals surface area contributed by atoms with Crippen LogP contribution in [0.3, 0.4) is 0 Å². The third-order valence-electron chi connectivity index (χ3n) is 4.51. The zero-order valence-electron chi connectivity index (χ0n) is 15.8. The average Bonchev–Trinajstić information content (AvgIpc) is 3.19. The van der Waals surface area contributed by atoms with E-state index in [1.54, 1.807) is 20.1 Å². The van der Waals surface area contributed by atoms with Crippen molar-refractivity contribution in [1.29, 1.82) is 0 Å². The second-order valence-electron chi connectivity index (χ2n) is 6.24. The van der Waals surface area contributed by atoms with Crippen LogP contribution in [0.5, 0.6) is 11.6 Å². The summed E-state index contributed by atoms with van der Waals surface area (Å²) in [5.41, 5.74) is 3.37. The van der Waals surface area contributed by atoms with E-state index < -0.39 is 5.97 Å². The fourth-order valence-electron chi connectivity index (χ4n) is 3.32. The van der Waals surface area contributed by atoms with E-state index in [0.717, 1.165) is 16.8 Å². The molecule has 4 rings (SSSR count). The van der Waals surface area contributed by atoms with Crippen LogP contribution in [0.25, 0.3) is 33.1 Å². The Bertz CT molecular complexity index is 1200. The molecule has 1 aromatic carbocycles. The molecule has 0 saturated heterocycles. The Morgan fingerprint density at radius 2 is 2.07 bits per heavy atom. The smallest absolute Gasteiger partial charge is 0.376 e. The molecule has 0 aliphatic rings. The lowest BCUT2D eigenvalue weighted by molar-refractivity contribution is 0.0511. The Labute approximate surface area is 159 Å². The minimum atomic E-state index is -0.702. The van der Waals surface area contributed by atoms with Gasteiger partial charge in [-0.3, -0.25) is 0 Å². The van der Waals surface area contributed by atoms with E-state index in [0.29, 0.717) is 33.4 Å². The van der Waals surface area contributed by atoms with Gasteiger partial charge in [-0.05, 0) is 32.9 Å². The molecule has 9 heteroatoms. The van der Waals surface area contributed by atoms with E-state index >= 15 is 0 Å². The van der Waals surface area contributed by atoms with Gasteiger partial charge in [-0.15, -0.1) is 0 Å². The Morgan fingerprint density at radius 1 is 1.29 bits per heavy atom. The number of nitrogens with zero attached hydrogens (tertiary/aromatic N) is 3. The highest BCUT2D eigenvalue weighted by Crippen LogP contribution is 2.40. The van der Waals surface area contributed by atoms with E-state index in [2.05, 4.69) is 20.1 Å². The quantitative estimate of drug-likeness (QED) is 0.516. The second kappa shape index (κ2) is 6.52. The summed E-state index contributed by atoms with van der Waals surface area (Å²) < 4.78 is 15.7. The van der Waals surface area contributed by atoms with Crippen LogP contribution in [-0.2, 0) is 4.74 Å². The van der Waals surface area contributed by atoms with Gasteiger partial charge in [0.15, 0.2) is 0 Å². The molecule has 3 heterocycles. The van der Waals surface area contributed by atoms with Crippen molar-refractivity contribution in [3.8, 4) is 22.8 Å². The van der Waals surface area contributed by atoms with Crippen LogP contribution in [0, 0.1) is 13.8 Å². The topological polar surface area (TPSA) is 123 Å². The minimum Gasteiger partial charge on any atom is -0.496 e. The van der Waals surface area contributed by atoms with E-state index in [-0.39, 0.29) is 18.3 Å². The van der Waals surface area contributed by atoms with Crippen molar-refractivity contribution < 1.29 is 23.9 Å². The summed E-state index contributed by atoms with van der Waals surface area (Å²) in [5.74, 6) is 0.0188. The maximum atomic E-state index is 11.9. The Hall–Kier alpha value is -3.62. The third-order valence-corrected chi connectivity index (χ3v) is 4.51. The highest BCUT2D eigenvalue weighted by molar-refractivity contribution is 6.11. The molecule has 0 aliphatic carbocycles. The normalized spacial score (nSPS) is 11.3. The molecular formula is C19H18N4O5. The van der Waals surface area contributed by atoms with Crippen molar-refractivity contribution in [2.45, 2.75) is 20.8 Å². The van der Waals surface area contributed by atoms with Crippen LogP contribution < -0.4 is 4.74 Å². The molecule has 144 valence electrons. The van der Waals surface area contributed by atoms with Gasteiger partial charge < -0.3 is 24.1 Å². The summed E-state index contributed by atoms with van der Waals surface area (Å²) in [6.45, 7) is 5.55. The van der Waals surface area contributed by atoms with Gasteiger partial charge in [-0.1, -0.05) is 5.16 Å². The number of benzene rings is 1. The number of esters is 1. The Balaban J connectivity index is 1.99. The van der Waals surface area contributed by atoms with Crippen molar-refractivity contribution in [3.63, 3.8) is 0 Å². The van der Waals surface area contributed by atoms with Crippen LogP contribution in [0.4, 0.5) is 0 Å². The maximum Gasteiger partial charge on any atom is 0.376 e. The van der Waals surface area contributed by atoms with Crippen LogP contribution >= 0.6 is 0 Å². The first-order valence-electron chi connectivity index (χ1n) is 8.65. The standard InChI is InChI=1S/C19H18N4O5/c1-5-27-19(25)17-21-16-15(18(24)22-17)10-7-13(26-4)11(6-12(10)20-16)14-8(2)23-28-9(14)3/h6-7H,5H2,1-4H3,(H2,20,21,22,24). The monoisotopic (exact) mass is 382 g/mol. The van der Waals surface area contributed by atoms with Gasteiger partial charge in [0.1, 0.15) is 17.2 Å². The SMILES string of the molecule is CCOC(=O)c1nc(O)c2c(n1)[nH]c1cc(-c3c(C)noc3C)c(OC)cc12. The van der Waals surface area contributed by atoms with Crippen molar-refractivity contribution in [3.05, 3.63) is 29.4 Å². The van der Waals surface area contributed by atoms with Gasteiger partial charge in [-0.2, -0.15) is 4.98 Å². The molecular weight excluding hydrogens is 364 g/mol. The summed E-state index contributed by atoms with van der Waals surface area (Å²) in [7, 11) is 1.56. The number of hydrogen-bond donors (Lipinski definition) is 2. The largest absolute Gasteiger partial charge is 0.496 e.